The second-order valence-electron chi connectivity index (χ2n) is 7.71. The van der Waals surface area contributed by atoms with Gasteiger partial charge in [0.25, 0.3) is 0 Å². The summed E-state index contributed by atoms with van der Waals surface area (Å²) in [4.78, 5) is 27.4. The fourth-order valence-corrected chi connectivity index (χ4v) is 3.77. The van der Waals surface area contributed by atoms with E-state index in [0.717, 1.165) is 17.7 Å². The Morgan fingerprint density at radius 3 is 2.59 bits per heavy atom. The van der Waals surface area contributed by atoms with E-state index in [-0.39, 0.29) is 35.7 Å². The van der Waals surface area contributed by atoms with Gasteiger partial charge < -0.3 is 16.0 Å². The Morgan fingerprint density at radius 2 is 2.00 bits per heavy atom. The summed E-state index contributed by atoms with van der Waals surface area (Å²) in [6, 6.07) is 9.23. The molecule has 0 saturated carbocycles. The number of piperidine rings is 1. The van der Waals surface area contributed by atoms with Crippen molar-refractivity contribution < 1.29 is 9.59 Å². The molecule has 5 nitrogen and oxygen atoms in total. The summed E-state index contributed by atoms with van der Waals surface area (Å²) >= 11 is 1.68. The Balaban J connectivity index is 0.00000364. The number of nitrogens with two attached hydrogens (primary N) is 1. The van der Waals surface area contributed by atoms with Gasteiger partial charge in [-0.1, -0.05) is 44.2 Å². The molecule has 1 aliphatic rings. The van der Waals surface area contributed by atoms with Gasteiger partial charge in [0.2, 0.25) is 11.8 Å². The largest absolute Gasteiger partial charge is 0.344 e. The molecule has 1 heterocycles. The van der Waals surface area contributed by atoms with Crippen LogP contribution in [0.4, 0.5) is 0 Å². The number of hydrogen-bond donors (Lipinski definition) is 2. The predicted molar refractivity (Wildman–Crippen MR) is 115 cm³/mol. The number of likely N-dealkylation sites (tertiary alicyclic amines) is 1. The van der Waals surface area contributed by atoms with Crippen molar-refractivity contribution in [2.75, 3.05) is 25.1 Å². The maximum atomic E-state index is 13.0. The Morgan fingerprint density at radius 1 is 1.33 bits per heavy atom. The summed E-state index contributed by atoms with van der Waals surface area (Å²) in [6.45, 7) is 5.50. The molecule has 1 aromatic carbocycles. The average molecular weight is 414 g/mol. The van der Waals surface area contributed by atoms with Crippen molar-refractivity contribution in [1.29, 1.82) is 0 Å². The number of carbonyl (C=O) groups excluding carboxylic acids is 2. The molecule has 0 aliphatic carbocycles. The van der Waals surface area contributed by atoms with Crippen LogP contribution in [-0.4, -0.2) is 53.9 Å². The fourth-order valence-electron chi connectivity index (χ4n) is 3.30. The molecular formula is C20H32ClN3O2S. The minimum atomic E-state index is -0.469. The zero-order chi connectivity index (χ0) is 19.2. The maximum absolute atomic E-state index is 13.0. The zero-order valence-electron chi connectivity index (χ0n) is 16.4. The van der Waals surface area contributed by atoms with Crippen molar-refractivity contribution >= 4 is 36.0 Å². The standard InChI is InChI=1S/C20H31N3O2S.ClH/c1-20(2)14-23(11-9-17(20)21)19(25)16(10-12-26-3)22-18(24)13-15-7-5-4-6-8-15;/h4-8,16-17H,9-14,21H2,1-3H3,(H,22,24);1H. The van der Waals surface area contributed by atoms with Gasteiger partial charge in [-0.05, 0) is 35.8 Å². The third kappa shape index (κ3) is 7.01. The number of nitrogens with one attached hydrogen (secondary N) is 1. The molecule has 1 fully saturated rings. The van der Waals surface area contributed by atoms with Crippen LogP contribution in [0, 0.1) is 5.41 Å². The lowest BCUT2D eigenvalue weighted by Crippen LogP contribution is -2.58. The third-order valence-corrected chi connectivity index (χ3v) is 5.72. The minimum absolute atomic E-state index is 0. The highest BCUT2D eigenvalue weighted by molar-refractivity contribution is 7.98. The molecule has 1 aliphatic heterocycles. The smallest absolute Gasteiger partial charge is 0.245 e. The number of rotatable bonds is 7. The average Bonchev–Trinajstić information content (AvgIpc) is 2.61. The van der Waals surface area contributed by atoms with Crippen LogP contribution < -0.4 is 11.1 Å². The first-order chi connectivity index (χ1) is 12.3. The van der Waals surface area contributed by atoms with Crippen molar-refractivity contribution in [2.45, 2.75) is 45.2 Å². The molecule has 1 aromatic rings. The van der Waals surface area contributed by atoms with E-state index in [1.54, 1.807) is 11.8 Å². The van der Waals surface area contributed by atoms with E-state index in [1.165, 1.54) is 0 Å². The van der Waals surface area contributed by atoms with Gasteiger partial charge in [0.05, 0.1) is 6.42 Å². The first kappa shape index (κ1) is 23.8. The molecule has 0 aromatic heterocycles. The molecule has 152 valence electrons. The number of halogens is 1. The first-order valence-electron chi connectivity index (χ1n) is 9.20. The number of nitrogens with zero attached hydrogens (tertiary/aromatic N) is 1. The van der Waals surface area contributed by atoms with Gasteiger partial charge in [0, 0.05) is 19.1 Å². The van der Waals surface area contributed by atoms with Gasteiger partial charge in [-0.25, -0.2) is 0 Å². The molecule has 2 amide bonds. The highest BCUT2D eigenvalue weighted by atomic mass is 35.5. The van der Waals surface area contributed by atoms with Crippen molar-refractivity contribution in [3.8, 4) is 0 Å². The minimum Gasteiger partial charge on any atom is -0.344 e. The van der Waals surface area contributed by atoms with E-state index in [9.17, 15) is 9.59 Å². The second kappa shape index (κ2) is 10.9. The Labute approximate surface area is 173 Å². The van der Waals surface area contributed by atoms with Crippen LogP contribution in [-0.2, 0) is 16.0 Å². The van der Waals surface area contributed by atoms with E-state index < -0.39 is 6.04 Å². The van der Waals surface area contributed by atoms with Crippen LogP contribution in [0.25, 0.3) is 0 Å². The third-order valence-electron chi connectivity index (χ3n) is 5.08. The van der Waals surface area contributed by atoms with E-state index in [2.05, 4.69) is 19.2 Å². The summed E-state index contributed by atoms with van der Waals surface area (Å²) in [5.74, 6) is 0.739. The topological polar surface area (TPSA) is 75.4 Å². The fraction of sp³-hybridized carbons (Fsp3) is 0.600. The normalized spacial score (nSPS) is 19.7. The zero-order valence-corrected chi connectivity index (χ0v) is 18.1. The molecule has 1 saturated heterocycles. The van der Waals surface area contributed by atoms with Crippen molar-refractivity contribution in [1.82, 2.24) is 10.2 Å². The van der Waals surface area contributed by atoms with Gasteiger partial charge in [-0.2, -0.15) is 11.8 Å². The number of benzene rings is 1. The molecule has 2 atom stereocenters. The monoisotopic (exact) mass is 413 g/mol. The highest BCUT2D eigenvalue weighted by Crippen LogP contribution is 2.28. The summed E-state index contributed by atoms with van der Waals surface area (Å²) < 4.78 is 0. The number of amides is 2. The lowest BCUT2D eigenvalue weighted by Gasteiger charge is -2.43. The SMILES string of the molecule is CSCCC(NC(=O)Cc1ccccc1)C(=O)N1CCC(N)C(C)(C)C1.Cl. The van der Waals surface area contributed by atoms with E-state index in [4.69, 9.17) is 5.73 Å². The molecule has 0 radical (unpaired) electrons. The summed E-state index contributed by atoms with van der Waals surface area (Å²) in [6.07, 6.45) is 3.74. The van der Waals surface area contributed by atoms with Crippen LogP contribution in [0.2, 0.25) is 0 Å². The Kier molecular flexibility index (Phi) is 9.63. The van der Waals surface area contributed by atoms with Gasteiger partial charge >= 0.3 is 0 Å². The van der Waals surface area contributed by atoms with Crippen molar-refractivity contribution in [2.24, 2.45) is 11.1 Å². The van der Waals surface area contributed by atoms with Crippen LogP contribution in [0.3, 0.4) is 0 Å². The number of thioether (sulfide) groups is 1. The Hall–Kier alpha value is -1.24. The van der Waals surface area contributed by atoms with Gasteiger partial charge in [-0.15, -0.1) is 12.4 Å². The van der Waals surface area contributed by atoms with Crippen LogP contribution >= 0.6 is 24.2 Å². The summed E-state index contributed by atoms with van der Waals surface area (Å²) in [7, 11) is 0. The van der Waals surface area contributed by atoms with Gasteiger partial charge in [0.1, 0.15) is 6.04 Å². The quantitative estimate of drug-likeness (QED) is 0.720. The number of hydrogen-bond acceptors (Lipinski definition) is 4. The lowest BCUT2D eigenvalue weighted by molar-refractivity contribution is -0.139. The molecule has 0 spiro atoms. The van der Waals surface area contributed by atoms with Crippen molar-refractivity contribution in [3.63, 3.8) is 0 Å². The summed E-state index contributed by atoms with van der Waals surface area (Å²) in [5, 5.41) is 2.96. The molecule has 27 heavy (non-hydrogen) atoms. The van der Waals surface area contributed by atoms with Crippen molar-refractivity contribution in [3.05, 3.63) is 35.9 Å². The lowest BCUT2D eigenvalue weighted by atomic mass is 9.79. The highest BCUT2D eigenvalue weighted by Gasteiger charge is 2.37. The van der Waals surface area contributed by atoms with E-state index in [1.807, 2.05) is 41.5 Å². The Bertz CT molecular complexity index is 613. The van der Waals surface area contributed by atoms with E-state index in [0.29, 0.717) is 25.9 Å². The second-order valence-corrected chi connectivity index (χ2v) is 8.69. The van der Waals surface area contributed by atoms with Crippen LogP contribution in [0.15, 0.2) is 30.3 Å². The molecule has 0 bridgehead atoms. The molecule has 3 N–H and O–H groups in total. The molecular weight excluding hydrogens is 382 g/mol. The summed E-state index contributed by atoms with van der Waals surface area (Å²) in [5.41, 5.74) is 7.03. The predicted octanol–water partition coefficient (Wildman–Crippen LogP) is 2.47. The first-order valence-corrected chi connectivity index (χ1v) is 10.6. The van der Waals surface area contributed by atoms with Gasteiger partial charge in [-0.3, -0.25) is 9.59 Å². The van der Waals surface area contributed by atoms with E-state index >= 15 is 0 Å². The van der Waals surface area contributed by atoms with Gasteiger partial charge in [0.15, 0.2) is 0 Å². The molecule has 2 rings (SSSR count). The van der Waals surface area contributed by atoms with Crippen LogP contribution in [0.5, 0.6) is 0 Å². The van der Waals surface area contributed by atoms with Crippen LogP contribution in [0.1, 0.15) is 32.3 Å². The molecule has 7 heteroatoms. The molecule has 2 unspecified atom stereocenters. The maximum Gasteiger partial charge on any atom is 0.245 e. The number of carbonyl (C=O) groups is 2.